The number of aromatic nitrogens is 1. The van der Waals surface area contributed by atoms with Crippen molar-refractivity contribution in [1.82, 2.24) is 9.88 Å². The SMILES string of the molecule is NC(=NCC(c1ccccc1Cl)N1CCOCC1)Nc1ccccn1. The lowest BCUT2D eigenvalue weighted by Gasteiger charge is -2.34. The molecule has 2 aromatic rings. The predicted molar refractivity (Wildman–Crippen MR) is 101 cm³/mol. The fourth-order valence-corrected chi connectivity index (χ4v) is 3.10. The summed E-state index contributed by atoms with van der Waals surface area (Å²) in [5.74, 6) is 1.01. The molecule has 1 unspecified atom stereocenters. The maximum Gasteiger partial charge on any atom is 0.194 e. The predicted octanol–water partition coefficient (Wildman–Crippen LogP) is 2.54. The minimum absolute atomic E-state index is 0.0571. The van der Waals surface area contributed by atoms with E-state index < -0.39 is 0 Å². The molecule has 3 N–H and O–H groups in total. The highest BCUT2D eigenvalue weighted by Gasteiger charge is 2.24. The summed E-state index contributed by atoms with van der Waals surface area (Å²) >= 11 is 6.42. The van der Waals surface area contributed by atoms with Gasteiger partial charge in [0.1, 0.15) is 5.82 Å². The quantitative estimate of drug-likeness (QED) is 0.633. The maximum atomic E-state index is 6.42. The molecule has 1 aromatic carbocycles. The van der Waals surface area contributed by atoms with Crippen LogP contribution >= 0.6 is 11.6 Å². The van der Waals surface area contributed by atoms with Crippen LogP contribution in [0.15, 0.2) is 53.7 Å². The van der Waals surface area contributed by atoms with E-state index in [1.54, 1.807) is 6.20 Å². The smallest absolute Gasteiger partial charge is 0.194 e. The molecule has 0 radical (unpaired) electrons. The van der Waals surface area contributed by atoms with Crippen LogP contribution < -0.4 is 11.1 Å². The molecule has 6 nitrogen and oxygen atoms in total. The number of nitrogens with two attached hydrogens (primary N) is 1. The molecule has 1 saturated heterocycles. The van der Waals surface area contributed by atoms with Crippen LogP contribution in [-0.4, -0.2) is 48.7 Å². The van der Waals surface area contributed by atoms with Crippen LogP contribution in [0.3, 0.4) is 0 Å². The first-order valence-electron chi connectivity index (χ1n) is 8.28. The van der Waals surface area contributed by atoms with Crippen molar-refractivity contribution >= 4 is 23.4 Å². The monoisotopic (exact) mass is 359 g/mol. The normalized spacial score (nSPS) is 17.2. The van der Waals surface area contributed by atoms with E-state index >= 15 is 0 Å². The van der Waals surface area contributed by atoms with Crippen molar-refractivity contribution in [1.29, 1.82) is 0 Å². The Hall–Kier alpha value is -2.15. The van der Waals surface area contributed by atoms with Gasteiger partial charge in [-0.3, -0.25) is 9.89 Å². The second-order valence-electron chi connectivity index (χ2n) is 5.75. The molecule has 0 spiro atoms. The first-order chi connectivity index (χ1) is 12.2. The Morgan fingerprint density at radius 1 is 1.24 bits per heavy atom. The van der Waals surface area contributed by atoms with Crippen LogP contribution in [-0.2, 0) is 4.74 Å². The van der Waals surface area contributed by atoms with Crippen molar-refractivity contribution in [3.05, 3.63) is 59.2 Å². The number of pyridine rings is 1. The standard InChI is InChI=1S/C18H22ClN5O/c19-15-6-2-1-5-14(15)16(24-9-11-25-12-10-24)13-22-18(20)23-17-7-3-4-8-21-17/h1-8,16H,9-13H2,(H3,20,21,22,23). The van der Waals surface area contributed by atoms with Crippen LogP contribution in [0.4, 0.5) is 5.82 Å². The fraction of sp³-hybridized carbons (Fsp3) is 0.333. The lowest BCUT2D eigenvalue weighted by Crippen LogP contribution is -2.40. The molecule has 0 amide bonds. The van der Waals surface area contributed by atoms with Gasteiger partial charge in [-0.1, -0.05) is 35.9 Å². The zero-order chi connectivity index (χ0) is 17.5. The number of nitrogens with one attached hydrogen (secondary N) is 1. The van der Waals surface area contributed by atoms with Gasteiger partial charge in [-0.2, -0.15) is 0 Å². The van der Waals surface area contributed by atoms with Gasteiger partial charge in [-0.05, 0) is 23.8 Å². The van der Waals surface area contributed by atoms with Crippen LogP contribution in [0.25, 0.3) is 0 Å². The summed E-state index contributed by atoms with van der Waals surface area (Å²) in [6.07, 6.45) is 1.70. The van der Waals surface area contributed by atoms with Gasteiger partial charge in [0.2, 0.25) is 0 Å². The van der Waals surface area contributed by atoms with Gasteiger partial charge < -0.3 is 15.8 Å². The average molecular weight is 360 g/mol. The van der Waals surface area contributed by atoms with Crippen LogP contribution in [0.1, 0.15) is 11.6 Å². The molecular formula is C18H22ClN5O. The summed E-state index contributed by atoms with van der Waals surface area (Å²) in [5.41, 5.74) is 7.08. The van der Waals surface area contributed by atoms with Gasteiger partial charge >= 0.3 is 0 Å². The number of anilines is 1. The molecule has 0 aliphatic carbocycles. The number of benzene rings is 1. The average Bonchev–Trinajstić information content (AvgIpc) is 2.65. The Balaban J connectivity index is 1.75. The van der Waals surface area contributed by atoms with Gasteiger partial charge in [0.05, 0.1) is 25.8 Å². The molecule has 3 rings (SSSR count). The van der Waals surface area contributed by atoms with E-state index in [0.717, 1.165) is 23.7 Å². The Morgan fingerprint density at radius 3 is 2.72 bits per heavy atom. The van der Waals surface area contributed by atoms with Crippen molar-refractivity contribution in [3.8, 4) is 0 Å². The van der Waals surface area contributed by atoms with Crippen molar-refractivity contribution in [2.75, 3.05) is 38.2 Å². The van der Waals surface area contributed by atoms with Crippen molar-refractivity contribution < 1.29 is 4.74 Å². The van der Waals surface area contributed by atoms with E-state index in [9.17, 15) is 0 Å². The highest BCUT2D eigenvalue weighted by Crippen LogP contribution is 2.28. The van der Waals surface area contributed by atoms with Crippen molar-refractivity contribution in [3.63, 3.8) is 0 Å². The van der Waals surface area contributed by atoms with E-state index in [0.29, 0.717) is 31.5 Å². The topological polar surface area (TPSA) is 75.8 Å². The number of guanidine groups is 1. The minimum Gasteiger partial charge on any atom is -0.379 e. The summed E-state index contributed by atoms with van der Waals surface area (Å²) in [6.45, 7) is 3.63. The minimum atomic E-state index is 0.0571. The molecule has 0 bridgehead atoms. The van der Waals surface area contributed by atoms with Crippen LogP contribution in [0.5, 0.6) is 0 Å². The number of rotatable bonds is 5. The number of aliphatic imine (C=N–C) groups is 1. The van der Waals surface area contributed by atoms with E-state index in [2.05, 4.69) is 20.2 Å². The maximum absolute atomic E-state index is 6.42. The number of ether oxygens (including phenoxy) is 1. The number of nitrogens with zero attached hydrogens (tertiary/aromatic N) is 3. The zero-order valence-electron chi connectivity index (χ0n) is 13.9. The first-order valence-corrected chi connectivity index (χ1v) is 8.66. The van der Waals surface area contributed by atoms with E-state index in [1.165, 1.54) is 0 Å². The molecule has 1 aliphatic rings. The summed E-state index contributed by atoms with van der Waals surface area (Å²) in [7, 11) is 0. The fourth-order valence-electron chi connectivity index (χ4n) is 2.84. The van der Waals surface area contributed by atoms with Gasteiger partial charge in [0.25, 0.3) is 0 Å². The lowest BCUT2D eigenvalue weighted by molar-refractivity contribution is 0.0180. The molecule has 1 aliphatic heterocycles. The molecule has 1 aromatic heterocycles. The third-order valence-electron chi connectivity index (χ3n) is 4.11. The molecule has 1 fully saturated rings. The largest absolute Gasteiger partial charge is 0.379 e. The number of hydrogen-bond acceptors (Lipinski definition) is 4. The van der Waals surface area contributed by atoms with E-state index in [4.69, 9.17) is 22.1 Å². The Morgan fingerprint density at radius 2 is 2.00 bits per heavy atom. The lowest BCUT2D eigenvalue weighted by atomic mass is 10.0. The first kappa shape index (κ1) is 17.7. The van der Waals surface area contributed by atoms with Gasteiger partial charge in [0, 0.05) is 24.3 Å². The molecule has 1 atom stereocenters. The second kappa shape index (κ2) is 8.80. The summed E-state index contributed by atoms with van der Waals surface area (Å²) in [4.78, 5) is 11.0. The number of halogens is 1. The molecule has 25 heavy (non-hydrogen) atoms. The van der Waals surface area contributed by atoms with E-state index in [1.807, 2.05) is 42.5 Å². The molecule has 132 valence electrons. The molecule has 7 heteroatoms. The highest BCUT2D eigenvalue weighted by atomic mass is 35.5. The summed E-state index contributed by atoms with van der Waals surface area (Å²) in [6, 6.07) is 13.5. The summed E-state index contributed by atoms with van der Waals surface area (Å²) < 4.78 is 5.46. The van der Waals surface area contributed by atoms with Crippen molar-refractivity contribution in [2.45, 2.75) is 6.04 Å². The third kappa shape index (κ3) is 4.92. The van der Waals surface area contributed by atoms with Gasteiger partial charge in [-0.15, -0.1) is 0 Å². The Labute approximate surface area is 152 Å². The highest BCUT2D eigenvalue weighted by molar-refractivity contribution is 6.31. The zero-order valence-corrected chi connectivity index (χ0v) is 14.7. The number of morpholine rings is 1. The number of hydrogen-bond donors (Lipinski definition) is 2. The van der Waals surface area contributed by atoms with E-state index in [-0.39, 0.29) is 6.04 Å². The van der Waals surface area contributed by atoms with Crippen LogP contribution in [0.2, 0.25) is 5.02 Å². The van der Waals surface area contributed by atoms with Gasteiger partial charge in [0.15, 0.2) is 5.96 Å². The van der Waals surface area contributed by atoms with Crippen LogP contribution in [0, 0.1) is 0 Å². The molecule has 2 heterocycles. The molecular weight excluding hydrogens is 338 g/mol. The third-order valence-corrected chi connectivity index (χ3v) is 4.45. The van der Waals surface area contributed by atoms with Crippen molar-refractivity contribution in [2.24, 2.45) is 10.7 Å². The second-order valence-corrected chi connectivity index (χ2v) is 6.16. The summed E-state index contributed by atoms with van der Waals surface area (Å²) in [5, 5.41) is 3.75. The Kier molecular flexibility index (Phi) is 6.22. The van der Waals surface area contributed by atoms with Gasteiger partial charge in [-0.25, -0.2) is 4.98 Å². The Bertz CT molecular complexity index is 704. The molecule has 0 saturated carbocycles.